The zero-order valence-corrected chi connectivity index (χ0v) is 16.7. The smallest absolute Gasteiger partial charge is 0.326 e. The first kappa shape index (κ1) is 21.0. The van der Waals surface area contributed by atoms with E-state index < -0.39 is 22.5 Å². The maximum absolute atomic E-state index is 13.2. The van der Waals surface area contributed by atoms with Crippen molar-refractivity contribution in [2.45, 2.75) is 18.2 Å². The van der Waals surface area contributed by atoms with Crippen LogP contribution in [0.5, 0.6) is 0 Å². The van der Waals surface area contributed by atoms with Crippen LogP contribution in [0.4, 0.5) is 5.69 Å². The second-order valence-corrected chi connectivity index (χ2v) is 8.07. The number of rotatable bonds is 7. The van der Waals surface area contributed by atoms with E-state index in [0.29, 0.717) is 0 Å². The number of halogens is 2. The number of anilines is 1. The molecule has 0 saturated heterocycles. The Bertz CT molecular complexity index is 970. The molecule has 0 amide bonds. The van der Waals surface area contributed by atoms with E-state index in [4.69, 9.17) is 33.2 Å². The molecule has 0 radical (unpaired) electrons. The number of ether oxygens (including phenoxy) is 1. The average Bonchev–Trinajstić information content (AvgIpc) is 2.63. The Morgan fingerprint density at radius 2 is 1.85 bits per heavy atom. The molecule has 0 aliphatic carbocycles. The Labute approximate surface area is 167 Å². The zero-order chi connectivity index (χ0) is 20.0. The summed E-state index contributed by atoms with van der Waals surface area (Å²) in [7, 11) is -4.19. The Morgan fingerprint density at radius 1 is 1.19 bits per heavy atom. The number of carbonyl (C=O) groups is 1. The van der Waals surface area contributed by atoms with Crippen LogP contribution in [0.3, 0.4) is 0 Å². The minimum absolute atomic E-state index is 0.0191. The van der Waals surface area contributed by atoms with Crippen molar-refractivity contribution in [3.8, 4) is 6.07 Å². The van der Waals surface area contributed by atoms with Crippen molar-refractivity contribution in [3.05, 3.63) is 58.1 Å². The number of hydrogen-bond acceptors (Lipinski definition) is 5. The van der Waals surface area contributed by atoms with Crippen molar-refractivity contribution in [2.75, 3.05) is 17.5 Å². The lowest BCUT2D eigenvalue weighted by atomic mass is 10.1. The summed E-state index contributed by atoms with van der Waals surface area (Å²) in [6, 6.07) is 12.3. The van der Waals surface area contributed by atoms with Gasteiger partial charge in [-0.2, -0.15) is 5.26 Å². The van der Waals surface area contributed by atoms with Gasteiger partial charge in [0.2, 0.25) is 0 Å². The maximum atomic E-state index is 13.2. The van der Waals surface area contributed by atoms with E-state index >= 15 is 0 Å². The van der Waals surface area contributed by atoms with Gasteiger partial charge in [0.1, 0.15) is 11.4 Å². The molecule has 0 atom stereocenters. The largest absolute Gasteiger partial charge is 0.465 e. The molecule has 0 aliphatic rings. The lowest BCUT2D eigenvalue weighted by molar-refractivity contribution is -0.141. The lowest BCUT2D eigenvalue weighted by Gasteiger charge is -2.24. The van der Waals surface area contributed by atoms with Gasteiger partial charge in [0.25, 0.3) is 10.0 Å². The molecule has 2 aromatic rings. The molecule has 0 heterocycles. The third kappa shape index (κ3) is 5.13. The fourth-order valence-electron chi connectivity index (χ4n) is 2.30. The van der Waals surface area contributed by atoms with Gasteiger partial charge in [0.15, 0.2) is 0 Å². The zero-order valence-electron chi connectivity index (χ0n) is 14.4. The highest BCUT2D eigenvalue weighted by Crippen LogP contribution is 2.30. The summed E-state index contributed by atoms with van der Waals surface area (Å²) in [5, 5.41) is 8.94. The number of esters is 1. The first-order chi connectivity index (χ1) is 12.8. The Hall–Kier alpha value is -2.27. The minimum atomic E-state index is -4.19. The number of sulfonamides is 1. The van der Waals surface area contributed by atoms with E-state index in [9.17, 15) is 13.2 Å². The van der Waals surface area contributed by atoms with E-state index in [1.807, 2.05) is 6.07 Å². The molecular weight excluding hydrogens is 411 g/mol. The standard InChI is InChI=1S/C18H16Cl2N2O4S/c1-2-26-18(23)12-22(15-6-3-13(4-7-15)9-10-21)27(24,25)17-11-14(19)5-8-16(17)20/h3-8,11H,2,9,12H2,1H3. The van der Waals surface area contributed by atoms with E-state index in [1.165, 1.54) is 30.3 Å². The van der Waals surface area contributed by atoms with Gasteiger partial charge in [0.05, 0.1) is 29.8 Å². The van der Waals surface area contributed by atoms with Crippen LogP contribution in [0.1, 0.15) is 12.5 Å². The summed E-state index contributed by atoms with van der Waals surface area (Å²) in [6.45, 7) is 1.21. The maximum Gasteiger partial charge on any atom is 0.326 e. The predicted molar refractivity (Wildman–Crippen MR) is 103 cm³/mol. The molecule has 0 saturated carbocycles. The van der Waals surface area contributed by atoms with E-state index in [2.05, 4.69) is 0 Å². The van der Waals surface area contributed by atoms with Crippen LogP contribution in [0.2, 0.25) is 10.0 Å². The van der Waals surface area contributed by atoms with E-state index in [1.54, 1.807) is 19.1 Å². The molecule has 0 aromatic heterocycles. The van der Waals surface area contributed by atoms with E-state index in [-0.39, 0.29) is 33.7 Å². The molecule has 6 nitrogen and oxygen atoms in total. The monoisotopic (exact) mass is 426 g/mol. The highest BCUT2D eigenvalue weighted by molar-refractivity contribution is 7.93. The highest BCUT2D eigenvalue weighted by Gasteiger charge is 2.30. The van der Waals surface area contributed by atoms with Crippen molar-refractivity contribution in [2.24, 2.45) is 0 Å². The molecule has 0 unspecified atom stereocenters. The summed E-state index contributed by atoms with van der Waals surface area (Å²) in [5.74, 6) is -0.708. The molecule has 0 N–H and O–H groups in total. The molecule has 9 heteroatoms. The first-order valence-corrected chi connectivity index (χ1v) is 10.1. The minimum Gasteiger partial charge on any atom is -0.465 e. The molecule has 0 bridgehead atoms. The van der Waals surface area contributed by atoms with Gasteiger partial charge in [-0.1, -0.05) is 35.3 Å². The third-order valence-electron chi connectivity index (χ3n) is 3.55. The van der Waals surface area contributed by atoms with E-state index in [0.717, 1.165) is 9.87 Å². The summed E-state index contributed by atoms with van der Waals surface area (Å²) in [6.07, 6.45) is 0.186. The van der Waals surface area contributed by atoms with Gasteiger partial charge in [-0.25, -0.2) is 8.42 Å². The van der Waals surface area contributed by atoms with Crippen LogP contribution >= 0.6 is 23.2 Å². The second-order valence-electron chi connectivity index (χ2n) is 5.39. The van der Waals surface area contributed by atoms with Crippen LogP contribution in [0.25, 0.3) is 0 Å². The van der Waals surface area contributed by atoms with Gasteiger partial charge in [-0.05, 0) is 42.8 Å². The molecule has 0 spiro atoms. The van der Waals surface area contributed by atoms with Gasteiger partial charge < -0.3 is 4.74 Å². The normalized spacial score (nSPS) is 10.9. The number of hydrogen-bond donors (Lipinski definition) is 0. The van der Waals surface area contributed by atoms with Crippen LogP contribution in [0, 0.1) is 11.3 Å². The summed E-state index contributed by atoms with van der Waals surface area (Å²) in [5.41, 5.74) is 0.955. The van der Waals surface area contributed by atoms with Gasteiger partial charge >= 0.3 is 5.97 Å². The molecule has 0 fully saturated rings. The number of carbonyl (C=O) groups excluding carboxylic acids is 1. The van der Waals surface area contributed by atoms with Crippen molar-refractivity contribution < 1.29 is 17.9 Å². The molecule has 2 rings (SSSR count). The van der Waals surface area contributed by atoms with Crippen LogP contribution in [-0.2, 0) is 26.0 Å². The number of nitrogens with zero attached hydrogens (tertiary/aromatic N) is 2. The lowest BCUT2D eigenvalue weighted by Crippen LogP contribution is -2.36. The van der Waals surface area contributed by atoms with Crippen molar-refractivity contribution >= 4 is 44.9 Å². The SMILES string of the molecule is CCOC(=O)CN(c1ccc(CC#N)cc1)S(=O)(=O)c1cc(Cl)ccc1Cl. The topological polar surface area (TPSA) is 87.5 Å². The van der Waals surface area contributed by atoms with Gasteiger partial charge in [-0.15, -0.1) is 0 Å². The van der Waals surface area contributed by atoms with Crippen molar-refractivity contribution in [3.63, 3.8) is 0 Å². The summed E-state index contributed by atoms with van der Waals surface area (Å²) < 4.78 is 32.2. The second kappa shape index (κ2) is 9.09. The average molecular weight is 427 g/mol. The molecule has 0 aliphatic heterocycles. The number of benzene rings is 2. The Morgan fingerprint density at radius 3 is 2.44 bits per heavy atom. The van der Waals surface area contributed by atoms with Crippen LogP contribution in [0.15, 0.2) is 47.4 Å². The summed E-state index contributed by atoms with van der Waals surface area (Å²) in [4.78, 5) is 11.8. The van der Waals surface area contributed by atoms with Crippen molar-refractivity contribution in [1.29, 1.82) is 5.26 Å². The molecule has 142 valence electrons. The van der Waals surface area contributed by atoms with Crippen LogP contribution < -0.4 is 4.31 Å². The van der Waals surface area contributed by atoms with Gasteiger partial charge in [-0.3, -0.25) is 9.10 Å². The third-order valence-corrected chi connectivity index (χ3v) is 6.04. The Balaban J connectivity index is 2.52. The van der Waals surface area contributed by atoms with Gasteiger partial charge in [0, 0.05) is 5.02 Å². The highest BCUT2D eigenvalue weighted by atomic mass is 35.5. The molecule has 27 heavy (non-hydrogen) atoms. The Kier molecular flexibility index (Phi) is 7.08. The fourth-order valence-corrected chi connectivity index (χ4v) is 4.45. The predicted octanol–water partition coefficient (Wildman–Crippen LogP) is 3.82. The molecule has 2 aromatic carbocycles. The fraction of sp³-hybridized carbons (Fsp3) is 0.222. The van der Waals surface area contributed by atoms with Crippen LogP contribution in [-0.4, -0.2) is 27.5 Å². The number of nitriles is 1. The van der Waals surface area contributed by atoms with Crippen molar-refractivity contribution in [1.82, 2.24) is 0 Å². The first-order valence-electron chi connectivity index (χ1n) is 7.89. The molecular formula is C18H16Cl2N2O4S. The summed E-state index contributed by atoms with van der Waals surface area (Å²) >= 11 is 12.0. The quantitative estimate of drug-likeness (QED) is 0.627.